The fourth-order valence-corrected chi connectivity index (χ4v) is 5.42. The Morgan fingerprint density at radius 3 is 2.94 bits per heavy atom. The number of likely N-dealkylation sites (tertiary alicyclic amines) is 1. The number of carboxylic acid groups (broad SMARTS) is 1. The zero-order valence-electron chi connectivity index (χ0n) is 18.7. The van der Waals surface area contributed by atoms with Gasteiger partial charge in [0.1, 0.15) is 11.3 Å². The summed E-state index contributed by atoms with van der Waals surface area (Å²) in [6, 6.07) is 6.64. The van der Waals surface area contributed by atoms with Crippen molar-refractivity contribution in [3.8, 4) is 0 Å². The maximum atomic E-state index is 13.8. The number of aliphatic carboxylic acids is 1. The molecule has 0 aliphatic carbocycles. The van der Waals surface area contributed by atoms with Gasteiger partial charge in [0.15, 0.2) is 0 Å². The SMILES string of the molecule is O=C(O)CC1CCN(CC(=O)N2CCc3c(n(Cc4cccc(F)c4)c4c3=CCCN=4)C2)C1. The molecule has 1 fully saturated rings. The van der Waals surface area contributed by atoms with Crippen LogP contribution in [0.4, 0.5) is 4.39 Å². The van der Waals surface area contributed by atoms with E-state index in [1.54, 1.807) is 12.1 Å². The number of carbonyl (C=O) groups excluding carboxylic acids is 1. The monoisotopic (exact) mass is 452 g/mol. The van der Waals surface area contributed by atoms with Gasteiger partial charge < -0.3 is 14.6 Å². The Kier molecular flexibility index (Phi) is 6.01. The zero-order chi connectivity index (χ0) is 22.9. The second-order valence-corrected chi connectivity index (χ2v) is 9.31. The molecular formula is C25H29FN4O3. The van der Waals surface area contributed by atoms with Gasteiger partial charge in [-0.3, -0.25) is 19.5 Å². The molecule has 1 unspecified atom stereocenters. The van der Waals surface area contributed by atoms with E-state index in [0.717, 1.165) is 49.1 Å². The lowest BCUT2D eigenvalue weighted by atomic mass is 10.0. The Labute approximate surface area is 191 Å². The molecule has 5 rings (SSSR count). The molecule has 174 valence electrons. The van der Waals surface area contributed by atoms with Gasteiger partial charge in [0.25, 0.3) is 0 Å². The van der Waals surface area contributed by atoms with Crippen LogP contribution >= 0.6 is 0 Å². The second kappa shape index (κ2) is 9.09. The molecule has 1 N–H and O–H groups in total. The van der Waals surface area contributed by atoms with Gasteiger partial charge in [-0.05, 0) is 55.0 Å². The molecule has 3 aliphatic heterocycles. The van der Waals surface area contributed by atoms with Crippen molar-refractivity contribution in [3.63, 3.8) is 0 Å². The fourth-order valence-electron chi connectivity index (χ4n) is 5.42. The fraction of sp³-hybridized carbons (Fsp3) is 0.480. The Hall–Kier alpha value is -3.00. The molecule has 1 saturated heterocycles. The Bertz CT molecular complexity index is 1200. The van der Waals surface area contributed by atoms with Gasteiger partial charge in [0.05, 0.1) is 13.1 Å². The molecular weight excluding hydrogens is 423 g/mol. The molecule has 33 heavy (non-hydrogen) atoms. The van der Waals surface area contributed by atoms with Gasteiger partial charge in [-0.25, -0.2) is 4.39 Å². The van der Waals surface area contributed by atoms with Crippen LogP contribution in [0.2, 0.25) is 0 Å². The molecule has 0 bridgehead atoms. The number of aromatic nitrogens is 1. The number of nitrogens with zero attached hydrogens (tertiary/aromatic N) is 4. The summed E-state index contributed by atoms with van der Waals surface area (Å²) in [6.45, 7) is 4.21. The summed E-state index contributed by atoms with van der Waals surface area (Å²) in [4.78, 5) is 32.9. The molecule has 3 aliphatic rings. The van der Waals surface area contributed by atoms with Crippen LogP contribution in [0, 0.1) is 11.7 Å². The molecule has 1 aromatic carbocycles. The van der Waals surface area contributed by atoms with Gasteiger partial charge in [-0.1, -0.05) is 18.2 Å². The molecule has 1 atom stereocenters. The van der Waals surface area contributed by atoms with E-state index < -0.39 is 5.97 Å². The van der Waals surface area contributed by atoms with E-state index in [1.165, 1.54) is 16.8 Å². The molecule has 0 radical (unpaired) electrons. The summed E-state index contributed by atoms with van der Waals surface area (Å²) in [5.74, 6) is -0.832. The number of fused-ring (bicyclic) bond motifs is 3. The summed E-state index contributed by atoms with van der Waals surface area (Å²) in [5.41, 5.74) is 4.18. The summed E-state index contributed by atoms with van der Waals surface area (Å²) >= 11 is 0. The summed E-state index contributed by atoms with van der Waals surface area (Å²) in [6.07, 6.45) is 4.93. The van der Waals surface area contributed by atoms with Gasteiger partial charge in [-0.2, -0.15) is 0 Å². The predicted octanol–water partition coefficient (Wildman–Crippen LogP) is 1.16. The third kappa shape index (κ3) is 4.57. The standard InChI is InChI=1S/C25H29FN4O3/c26-19-4-1-3-17(11-19)14-30-22-15-29(10-7-20(22)21-5-2-8-27-25(21)30)23(31)16-28-9-6-18(13-28)12-24(32)33/h1,3-5,11,18H,2,6-10,12-16H2,(H,32,33). The van der Waals surface area contributed by atoms with E-state index in [-0.39, 0.29) is 24.1 Å². The van der Waals surface area contributed by atoms with Crippen molar-refractivity contribution >= 4 is 18.0 Å². The van der Waals surface area contributed by atoms with Crippen molar-refractivity contribution in [1.29, 1.82) is 0 Å². The van der Waals surface area contributed by atoms with Crippen molar-refractivity contribution in [2.24, 2.45) is 10.9 Å². The highest BCUT2D eigenvalue weighted by Crippen LogP contribution is 2.21. The molecule has 8 heteroatoms. The van der Waals surface area contributed by atoms with Gasteiger partial charge in [0, 0.05) is 43.5 Å². The van der Waals surface area contributed by atoms with Crippen LogP contribution in [0.3, 0.4) is 0 Å². The average Bonchev–Trinajstić information content (AvgIpc) is 3.35. The van der Waals surface area contributed by atoms with E-state index in [9.17, 15) is 14.0 Å². The van der Waals surface area contributed by atoms with Crippen molar-refractivity contribution in [2.75, 3.05) is 32.7 Å². The van der Waals surface area contributed by atoms with Crippen LogP contribution in [0.1, 0.15) is 36.1 Å². The Balaban J connectivity index is 1.36. The van der Waals surface area contributed by atoms with E-state index in [2.05, 4.69) is 15.5 Å². The number of benzene rings is 1. The number of halogens is 1. The van der Waals surface area contributed by atoms with E-state index in [4.69, 9.17) is 10.1 Å². The van der Waals surface area contributed by atoms with Crippen molar-refractivity contribution < 1.29 is 19.1 Å². The lowest BCUT2D eigenvalue weighted by Crippen LogP contribution is -2.43. The minimum atomic E-state index is -0.776. The van der Waals surface area contributed by atoms with Crippen molar-refractivity contribution in [1.82, 2.24) is 14.4 Å². The molecule has 0 saturated carbocycles. The average molecular weight is 453 g/mol. The highest BCUT2D eigenvalue weighted by Gasteiger charge is 2.30. The number of carbonyl (C=O) groups is 2. The third-order valence-corrected chi connectivity index (χ3v) is 6.98. The molecule has 7 nitrogen and oxygen atoms in total. The van der Waals surface area contributed by atoms with Crippen LogP contribution in [-0.4, -0.2) is 64.1 Å². The van der Waals surface area contributed by atoms with Gasteiger partial charge >= 0.3 is 5.97 Å². The first kappa shape index (κ1) is 21.8. The van der Waals surface area contributed by atoms with Crippen LogP contribution in [-0.2, 0) is 29.1 Å². The first-order valence-corrected chi connectivity index (χ1v) is 11.7. The highest BCUT2D eigenvalue weighted by molar-refractivity contribution is 5.78. The maximum Gasteiger partial charge on any atom is 0.303 e. The molecule has 1 aromatic heterocycles. The van der Waals surface area contributed by atoms with E-state index in [1.807, 2.05) is 11.0 Å². The second-order valence-electron chi connectivity index (χ2n) is 9.31. The summed E-state index contributed by atoms with van der Waals surface area (Å²) in [5, 5.41) is 10.2. The highest BCUT2D eigenvalue weighted by atomic mass is 19.1. The van der Waals surface area contributed by atoms with Crippen LogP contribution in [0.15, 0.2) is 29.3 Å². The quantitative estimate of drug-likeness (QED) is 0.714. The molecule has 0 spiro atoms. The summed E-state index contributed by atoms with van der Waals surface area (Å²) in [7, 11) is 0. The number of carboxylic acids is 1. The maximum absolute atomic E-state index is 13.8. The lowest BCUT2D eigenvalue weighted by Gasteiger charge is -2.30. The van der Waals surface area contributed by atoms with Crippen LogP contribution in [0.5, 0.6) is 0 Å². The summed E-state index contributed by atoms with van der Waals surface area (Å²) < 4.78 is 16.0. The van der Waals surface area contributed by atoms with Gasteiger partial charge in [-0.15, -0.1) is 0 Å². The van der Waals surface area contributed by atoms with E-state index >= 15 is 0 Å². The molecule has 4 heterocycles. The number of rotatable bonds is 6. The number of hydrogen-bond donors (Lipinski definition) is 1. The normalized spacial score (nSPS) is 20.0. The van der Waals surface area contributed by atoms with Crippen molar-refractivity contribution in [3.05, 3.63) is 57.6 Å². The lowest BCUT2D eigenvalue weighted by molar-refractivity contribution is -0.138. The van der Waals surface area contributed by atoms with Crippen LogP contribution < -0.4 is 10.7 Å². The van der Waals surface area contributed by atoms with Crippen LogP contribution in [0.25, 0.3) is 6.08 Å². The number of hydrogen-bond acceptors (Lipinski definition) is 4. The Morgan fingerprint density at radius 2 is 2.12 bits per heavy atom. The predicted molar refractivity (Wildman–Crippen MR) is 121 cm³/mol. The minimum Gasteiger partial charge on any atom is -0.481 e. The van der Waals surface area contributed by atoms with E-state index in [0.29, 0.717) is 32.7 Å². The minimum absolute atomic E-state index is 0.0778. The topological polar surface area (TPSA) is 78.1 Å². The third-order valence-electron chi connectivity index (χ3n) is 6.98. The number of amides is 1. The Morgan fingerprint density at radius 1 is 1.24 bits per heavy atom. The zero-order valence-corrected chi connectivity index (χ0v) is 18.7. The van der Waals surface area contributed by atoms with Crippen molar-refractivity contribution in [2.45, 2.75) is 38.8 Å². The van der Waals surface area contributed by atoms with Gasteiger partial charge in [0.2, 0.25) is 5.91 Å². The first-order chi connectivity index (χ1) is 16.0. The largest absolute Gasteiger partial charge is 0.481 e. The molecule has 1 amide bonds. The first-order valence-electron chi connectivity index (χ1n) is 11.7. The molecule has 2 aromatic rings. The smallest absolute Gasteiger partial charge is 0.303 e.